The third-order valence-corrected chi connectivity index (χ3v) is 10.5. The molecule has 7 heteroatoms. The van der Waals surface area contributed by atoms with Gasteiger partial charge in [0.25, 0.3) is 0 Å². The molecule has 3 aromatic heterocycles. The molecular weight excluding hydrogens is 693 g/mol. The van der Waals surface area contributed by atoms with Crippen molar-refractivity contribution >= 4 is 11.6 Å². The van der Waals surface area contributed by atoms with Gasteiger partial charge in [0.2, 0.25) is 0 Å². The summed E-state index contributed by atoms with van der Waals surface area (Å²) in [5.74, 6) is -0.176. The lowest BCUT2D eigenvalue weighted by atomic mass is 9.77. The lowest BCUT2D eigenvalue weighted by Gasteiger charge is -2.36. The number of methoxy groups -OCH3 is 1. The standard InChI is InChI=1S/C49H36N4O3/c1-56-41-28-25-35(26-29-41)45-31-50-46-30-27-37(32-52(45)46)44-33-53(51-47(44)36-23-21-34(22-24-36)42-19-11-12-20-43(42)48(54)55)49(38-13-5-2-6-14-38,39-15-7-3-8-16-39)40-17-9-4-10-18-40/h2-33H,1H3,(H,54,55). The predicted octanol–water partition coefficient (Wildman–Crippen LogP) is 10.7. The van der Waals surface area contributed by atoms with Gasteiger partial charge in [0.1, 0.15) is 22.6 Å². The summed E-state index contributed by atoms with van der Waals surface area (Å²) in [6.45, 7) is 0. The molecule has 7 nitrogen and oxygen atoms in total. The van der Waals surface area contributed by atoms with Crippen LogP contribution in [0.25, 0.3) is 50.4 Å². The molecule has 9 aromatic rings. The van der Waals surface area contributed by atoms with Crippen molar-refractivity contribution in [3.63, 3.8) is 0 Å². The van der Waals surface area contributed by atoms with Crippen LogP contribution in [-0.4, -0.2) is 37.4 Å². The number of hydrogen-bond acceptors (Lipinski definition) is 4. The number of benzene rings is 6. The Labute approximate surface area is 324 Å². The molecule has 0 unspecified atom stereocenters. The Kier molecular flexibility index (Phi) is 8.80. The van der Waals surface area contributed by atoms with Gasteiger partial charge in [-0.15, -0.1) is 0 Å². The third kappa shape index (κ3) is 5.92. The molecule has 0 aliphatic heterocycles. The number of hydrogen-bond donors (Lipinski definition) is 1. The van der Waals surface area contributed by atoms with E-state index in [4.69, 9.17) is 14.8 Å². The van der Waals surface area contributed by atoms with Gasteiger partial charge < -0.3 is 9.84 Å². The quantitative estimate of drug-likeness (QED) is 0.142. The van der Waals surface area contributed by atoms with Gasteiger partial charge >= 0.3 is 5.97 Å². The number of ether oxygens (including phenoxy) is 1. The molecule has 6 aromatic carbocycles. The van der Waals surface area contributed by atoms with E-state index >= 15 is 0 Å². The topological polar surface area (TPSA) is 81.6 Å². The molecule has 0 radical (unpaired) electrons. The first-order valence-corrected chi connectivity index (χ1v) is 18.4. The van der Waals surface area contributed by atoms with Crippen LogP contribution in [0.2, 0.25) is 0 Å². The highest BCUT2D eigenvalue weighted by Crippen LogP contribution is 2.43. The van der Waals surface area contributed by atoms with Gasteiger partial charge in [-0.05, 0) is 70.3 Å². The average molecular weight is 729 g/mol. The normalized spacial score (nSPS) is 11.4. The molecule has 3 heterocycles. The van der Waals surface area contributed by atoms with Crippen LogP contribution in [0.15, 0.2) is 195 Å². The fraction of sp³-hybridized carbons (Fsp3) is 0.0408. The molecule has 0 spiro atoms. The molecule has 56 heavy (non-hydrogen) atoms. The van der Waals surface area contributed by atoms with Gasteiger partial charge in [-0.3, -0.25) is 9.08 Å². The third-order valence-electron chi connectivity index (χ3n) is 10.5. The molecule has 0 aliphatic carbocycles. The first-order valence-electron chi connectivity index (χ1n) is 18.4. The minimum atomic E-state index is -0.964. The number of aromatic nitrogens is 4. The van der Waals surface area contributed by atoms with Crippen molar-refractivity contribution in [2.45, 2.75) is 5.54 Å². The summed E-state index contributed by atoms with van der Waals surface area (Å²) in [5.41, 5.74) is 10.4. The van der Waals surface area contributed by atoms with Crippen LogP contribution in [0.1, 0.15) is 27.0 Å². The highest BCUT2D eigenvalue weighted by molar-refractivity contribution is 5.96. The Hall–Kier alpha value is -7.51. The SMILES string of the molecule is COc1ccc(-c2cnc3ccc(-c4cn(C(c5ccccc5)(c5ccccc5)c5ccccc5)nc4-c4ccc(-c5ccccc5C(=O)O)cc4)cn23)cc1. The van der Waals surface area contributed by atoms with E-state index in [2.05, 4.69) is 100 Å². The molecule has 0 fully saturated rings. The number of nitrogens with zero attached hydrogens (tertiary/aromatic N) is 4. The Morgan fingerprint density at radius 2 is 1.11 bits per heavy atom. The van der Waals surface area contributed by atoms with Crippen LogP contribution in [0.3, 0.4) is 0 Å². The number of fused-ring (bicyclic) bond motifs is 1. The maximum Gasteiger partial charge on any atom is 0.336 e. The summed E-state index contributed by atoms with van der Waals surface area (Å²) < 4.78 is 9.64. The summed E-state index contributed by atoms with van der Waals surface area (Å²) in [4.78, 5) is 16.9. The number of carboxylic acid groups (broad SMARTS) is 1. The lowest BCUT2D eigenvalue weighted by Crippen LogP contribution is -2.38. The van der Waals surface area contributed by atoms with Crippen molar-refractivity contribution in [3.8, 4) is 50.5 Å². The number of carbonyl (C=O) groups is 1. The van der Waals surface area contributed by atoms with E-state index in [0.29, 0.717) is 5.56 Å². The fourth-order valence-electron chi connectivity index (χ4n) is 7.75. The molecule has 0 atom stereocenters. The highest BCUT2D eigenvalue weighted by Gasteiger charge is 2.40. The zero-order valence-electron chi connectivity index (χ0n) is 30.5. The minimum Gasteiger partial charge on any atom is -0.497 e. The summed E-state index contributed by atoms with van der Waals surface area (Å²) >= 11 is 0. The smallest absolute Gasteiger partial charge is 0.336 e. The van der Waals surface area contributed by atoms with Crippen LogP contribution in [-0.2, 0) is 5.54 Å². The van der Waals surface area contributed by atoms with Crippen molar-refractivity contribution < 1.29 is 14.6 Å². The second-order valence-corrected chi connectivity index (χ2v) is 13.6. The lowest BCUT2D eigenvalue weighted by molar-refractivity contribution is 0.0697. The zero-order valence-corrected chi connectivity index (χ0v) is 30.5. The van der Waals surface area contributed by atoms with Crippen molar-refractivity contribution in [2.75, 3.05) is 7.11 Å². The van der Waals surface area contributed by atoms with Gasteiger partial charge in [0, 0.05) is 34.6 Å². The summed E-state index contributed by atoms with van der Waals surface area (Å²) in [6, 6.07) is 58.7. The Balaban J connectivity index is 1.29. The second kappa shape index (κ2) is 14.4. The van der Waals surface area contributed by atoms with Crippen LogP contribution in [0.4, 0.5) is 0 Å². The highest BCUT2D eigenvalue weighted by atomic mass is 16.5. The number of pyridine rings is 1. The van der Waals surface area contributed by atoms with E-state index in [0.717, 1.165) is 67.3 Å². The van der Waals surface area contributed by atoms with Gasteiger partial charge in [-0.2, -0.15) is 5.10 Å². The number of rotatable bonds is 10. The first kappa shape index (κ1) is 34.3. The Morgan fingerprint density at radius 1 is 0.571 bits per heavy atom. The number of carboxylic acids is 1. The monoisotopic (exact) mass is 728 g/mol. The molecule has 0 saturated heterocycles. The van der Waals surface area contributed by atoms with E-state index in [9.17, 15) is 9.90 Å². The van der Waals surface area contributed by atoms with E-state index < -0.39 is 11.5 Å². The maximum absolute atomic E-state index is 12.1. The average Bonchev–Trinajstić information content (AvgIpc) is 3.91. The van der Waals surface area contributed by atoms with E-state index in [1.165, 1.54) is 0 Å². The van der Waals surface area contributed by atoms with Crippen molar-refractivity contribution in [1.82, 2.24) is 19.2 Å². The van der Waals surface area contributed by atoms with Crippen LogP contribution >= 0.6 is 0 Å². The predicted molar refractivity (Wildman–Crippen MR) is 221 cm³/mol. The first-order chi connectivity index (χ1) is 27.5. The van der Waals surface area contributed by atoms with Crippen LogP contribution < -0.4 is 4.74 Å². The number of imidazole rings is 1. The molecule has 0 bridgehead atoms. The van der Waals surface area contributed by atoms with Crippen LogP contribution in [0.5, 0.6) is 5.75 Å². The summed E-state index contributed by atoms with van der Waals surface area (Å²) in [7, 11) is 1.66. The minimum absolute atomic E-state index is 0.255. The van der Waals surface area contributed by atoms with E-state index in [-0.39, 0.29) is 5.56 Å². The molecular formula is C49H36N4O3. The Bertz CT molecular complexity index is 2700. The van der Waals surface area contributed by atoms with Crippen LogP contribution in [0, 0.1) is 0 Å². The fourth-order valence-corrected chi connectivity index (χ4v) is 7.75. The second-order valence-electron chi connectivity index (χ2n) is 13.6. The molecule has 0 amide bonds. The number of aromatic carboxylic acids is 1. The molecule has 0 saturated carbocycles. The van der Waals surface area contributed by atoms with Gasteiger partial charge in [-0.1, -0.05) is 133 Å². The van der Waals surface area contributed by atoms with Gasteiger partial charge in [0.05, 0.1) is 24.6 Å². The maximum atomic E-state index is 12.1. The molecule has 270 valence electrons. The summed E-state index contributed by atoms with van der Waals surface area (Å²) in [6.07, 6.45) is 6.17. The van der Waals surface area contributed by atoms with Crippen molar-refractivity contribution in [3.05, 3.63) is 217 Å². The van der Waals surface area contributed by atoms with Crippen molar-refractivity contribution in [2.24, 2.45) is 0 Å². The Morgan fingerprint density at radius 3 is 1.70 bits per heavy atom. The largest absolute Gasteiger partial charge is 0.497 e. The van der Waals surface area contributed by atoms with Crippen molar-refractivity contribution in [1.29, 1.82) is 0 Å². The van der Waals surface area contributed by atoms with Gasteiger partial charge in [0.15, 0.2) is 0 Å². The molecule has 1 N–H and O–H groups in total. The van der Waals surface area contributed by atoms with E-state index in [1.54, 1.807) is 19.2 Å². The van der Waals surface area contributed by atoms with Gasteiger partial charge in [-0.25, -0.2) is 9.78 Å². The zero-order chi connectivity index (χ0) is 38.1. The molecule has 9 rings (SSSR count). The van der Waals surface area contributed by atoms with E-state index in [1.807, 2.05) is 91.1 Å². The molecule has 0 aliphatic rings. The summed E-state index contributed by atoms with van der Waals surface area (Å²) in [5, 5.41) is 15.5.